The number of rotatable bonds is 2. The highest BCUT2D eigenvalue weighted by Gasteiger charge is 2.28. The second kappa shape index (κ2) is 4.40. The Bertz CT molecular complexity index is 899. The molecule has 0 saturated heterocycles. The van der Waals surface area contributed by atoms with Crippen molar-refractivity contribution in [1.29, 1.82) is 0 Å². The summed E-state index contributed by atoms with van der Waals surface area (Å²) in [5, 5.41) is 0.539. The van der Waals surface area contributed by atoms with Crippen LogP contribution in [0.25, 0.3) is 22.2 Å². The van der Waals surface area contributed by atoms with E-state index in [0.29, 0.717) is 22.6 Å². The van der Waals surface area contributed by atoms with E-state index in [1.807, 2.05) is 4.57 Å². The van der Waals surface area contributed by atoms with E-state index in [2.05, 4.69) is 9.97 Å². The highest BCUT2D eigenvalue weighted by molar-refractivity contribution is 6.01. The minimum absolute atomic E-state index is 0.109. The molecule has 22 heavy (non-hydrogen) atoms. The molecule has 5 nitrogen and oxygen atoms in total. The Morgan fingerprint density at radius 1 is 1.05 bits per heavy atom. The molecule has 1 aromatic carbocycles. The monoisotopic (exact) mass is 301 g/mol. The first kappa shape index (κ1) is 13.0. The largest absolute Gasteiger partial charge is 0.396 e. The minimum Gasteiger partial charge on any atom is -0.396 e. The van der Waals surface area contributed by atoms with Crippen molar-refractivity contribution in [2.45, 2.75) is 18.9 Å². The van der Waals surface area contributed by atoms with E-state index in [1.54, 1.807) is 6.20 Å². The average Bonchev–Trinajstić information content (AvgIpc) is 3.25. The summed E-state index contributed by atoms with van der Waals surface area (Å²) in [6.07, 6.45) is 5.21. The van der Waals surface area contributed by atoms with Crippen LogP contribution in [0.5, 0.6) is 0 Å². The summed E-state index contributed by atoms with van der Waals surface area (Å²) in [5.41, 5.74) is 12.4. The predicted octanol–water partition coefficient (Wildman–Crippen LogP) is 2.88. The summed E-state index contributed by atoms with van der Waals surface area (Å²) in [6.45, 7) is 0. The lowest BCUT2D eigenvalue weighted by Gasteiger charge is -2.05. The highest BCUT2D eigenvalue weighted by Crippen LogP contribution is 2.42. The molecule has 4 rings (SSSR count). The summed E-state index contributed by atoms with van der Waals surface area (Å²) in [7, 11) is 0. The molecule has 112 valence electrons. The molecule has 0 spiro atoms. The maximum Gasteiger partial charge on any atom is 0.146 e. The molecule has 1 aliphatic rings. The van der Waals surface area contributed by atoms with E-state index < -0.39 is 11.6 Å². The number of nitrogens with zero attached hydrogens (tertiary/aromatic N) is 3. The van der Waals surface area contributed by atoms with Crippen LogP contribution in [0.3, 0.4) is 0 Å². The summed E-state index contributed by atoms with van der Waals surface area (Å²) in [6, 6.07) is 2.39. The van der Waals surface area contributed by atoms with E-state index in [0.717, 1.165) is 25.0 Å². The van der Waals surface area contributed by atoms with Crippen LogP contribution < -0.4 is 11.5 Å². The summed E-state index contributed by atoms with van der Waals surface area (Å²) in [4.78, 5) is 8.22. The molecule has 2 heterocycles. The van der Waals surface area contributed by atoms with Gasteiger partial charge in [-0.1, -0.05) is 0 Å². The van der Waals surface area contributed by atoms with Gasteiger partial charge < -0.3 is 16.0 Å². The first-order chi connectivity index (χ1) is 10.6. The first-order valence-electron chi connectivity index (χ1n) is 6.92. The van der Waals surface area contributed by atoms with Gasteiger partial charge in [0.15, 0.2) is 0 Å². The zero-order valence-corrected chi connectivity index (χ0v) is 11.6. The van der Waals surface area contributed by atoms with Gasteiger partial charge in [-0.3, -0.25) is 0 Å². The number of nitrogens with two attached hydrogens (primary N) is 2. The molecule has 7 heteroatoms. The van der Waals surface area contributed by atoms with Gasteiger partial charge in [0.05, 0.1) is 11.1 Å². The first-order valence-corrected chi connectivity index (χ1v) is 6.92. The molecule has 0 atom stereocenters. The molecule has 0 aliphatic heterocycles. The van der Waals surface area contributed by atoms with E-state index in [-0.39, 0.29) is 17.1 Å². The van der Waals surface area contributed by atoms with Crippen molar-refractivity contribution >= 4 is 22.5 Å². The second-order valence-corrected chi connectivity index (χ2v) is 5.49. The number of hydrogen-bond donors (Lipinski definition) is 2. The quantitative estimate of drug-likeness (QED) is 0.713. The van der Waals surface area contributed by atoms with Gasteiger partial charge >= 0.3 is 0 Å². The van der Waals surface area contributed by atoms with Crippen LogP contribution in [0.15, 0.2) is 24.7 Å². The molecule has 0 bridgehead atoms. The van der Waals surface area contributed by atoms with Crippen molar-refractivity contribution in [3.63, 3.8) is 0 Å². The normalized spacial score (nSPS) is 14.6. The molecule has 1 fully saturated rings. The zero-order valence-electron chi connectivity index (χ0n) is 11.6. The van der Waals surface area contributed by atoms with Crippen LogP contribution in [0.2, 0.25) is 0 Å². The lowest BCUT2D eigenvalue weighted by Crippen LogP contribution is -1.97. The van der Waals surface area contributed by atoms with Gasteiger partial charge in [-0.2, -0.15) is 0 Å². The molecule has 2 aromatic heterocycles. The predicted molar refractivity (Wildman–Crippen MR) is 80.0 cm³/mol. The molecular weight excluding hydrogens is 288 g/mol. The van der Waals surface area contributed by atoms with E-state index >= 15 is 0 Å². The molecule has 1 aliphatic carbocycles. The Balaban J connectivity index is 2.05. The summed E-state index contributed by atoms with van der Waals surface area (Å²) < 4.78 is 30.0. The number of anilines is 2. The van der Waals surface area contributed by atoms with Gasteiger partial charge in [0, 0.05) is 29.4 Å². The fraction of sp³-hybridized carbons (Fsp3) is 0.200. The van der Waals surface area contributed by atoms with Gasteiger partial charge in [0.25, 0.3) is 0 Å². The van der Waals surface area contributed by atoms with Crippen molar-refractivity contribution in [2.75, 3.05) is 11.5 Å². The molecule has 0 amide bonds. The molecule has 0 radical (unpaired) electrons. The van der Waals surface area contributed by atoms with Gasteiger partial charge in [0.2, 0.25) is 0 Å². The molecule has 3 aromatic rings. The molecule has 4 N–H and O–H groups in total. The van der Waals surface area contributed by atoms with E-state index in [1.165, 1.54) is 6.33 Å². The van der Waals surface area contributed by atoms with Gasteiger partial charge in [-0.15, -0.1) is 0 Å². The topological polar surface area (TPSA) is 82.8 Å². The number of nitrogen functional groups attached to an aromatic ring is 2. The fourth-order valence-corrected chi connectivity index (χ4v) is 2.71. The Kier molecular flexibility index (Phi) is 2.60. The maximum atomic E-state index is 14.3. The molecular formula is C15H13F2N5. The van der Waals surface area contributed by atoms with Crippen molar-refractivity contribution in [2.24, 2.45) is 0 Å². The Morgan fingerprint density at radius 3 is 2.55 bits per heavy atom. The van der Waals surface area contributed by atoms with Crippen molar-refractivity contribution < 1.29 is 8.78 Å². The van der Waals surface area contributed by atoms with E-state index in [9.17, 15) is 8.78 Å². The number of fused-ring (bicyclic) bond motifs is 1. The SMILES string of the molecule is Nc1cc(F)c(-c2cn(C3CC3)c3ncnc(N)c23)cc1F. The number of hydrogen-bond acceptors (Lipinski definition) is 4. The van der Waals surface area contributed by atoms with Crippen molar-refractivity contribution in [3.8, 4) is 11.1 Å². The Morgan fingerprint density at radius 2 is 1.82 bits per heavy atom. The van der Waals surface area contributed by atoms with Crippen LogP contribution in [0, 0.1) is 11.6 Å². The Hall–Kier alpha value is -2.70. The van der Waals surface area contributed by atoms with Crippen molar-refractivity contribution in [3.05, 3.63) is 36.3 Å². The third-order valence-electron chi connectivity index (χ3n) is 3.96. The summed E-state index contributed by atoms with van der Waals surface area (Å²) >= 11 is 0. The van der Waals surface area contributed by atoms with Crippen LogP contribution in [-0.2, 0) is 0 Å². The molecule has 1 saturated carbocycles. The maximum absolute atomic E-state index is 14.3. The van der Waals surface area contributed by atoms with Crippen LogP contribution >= 0.6 is 0 Å². The third-order valence-corrected chi connectivity index (χ3v) is 3.96. The zero-order chi connectivity index (χ0) is 15.4. The van der Waals surface area contributed by atoms with Crippen LogP contribution in [-0.4, -0.2) is 14.5 Å². The average molecular weight is 301 g/mol. The lowest BCUT2D eigenvalue weighted by molar-refractivity contribution is 0.607. The van der Waals surface area contributed by atoms with Crippen molar-refractivity contribution in [1.82, 2.24) is 14.5 Å². The fourth-order valence-electron chi connectivity index (χ4n) is 2.71. The number of benzene rings is 1. The van der Waals surface area contributed by atoms with E-state index in [4.69, 9.17) is 11.5 Å². The second-order valence-electron chi connectivity index (χ2n) is 5.49. The van der Waals surface area contributed by atoms with Gasteiger partial charge in [0.1, 0.15) is 29.4 Å². The Labute approximate surface area is 124 Å². The number of halogens is 2. The standard InChI is InChI=1S/C15H13F2N5/c16-10-4-12(18)11(17)3-8(10)9-5-22(7-1-2-7)15-13(9)14(19)20-6-21-15/h3-7H,1-2,18H2,(H2,19,20,21). The number of aromatic nitrogens is 3. The van der Waals surface area contributed by atoms with Gasteiger partial charge in [-0.25, -0.2) is 18.7 Å². The minimum atomic E-state index is -0.667. The summed E-state index contributed by atoms with van der Waals surface area (Å²) in [5.74, 6) is -1.02. The van der Waals surface area contributed by atoms with Gasteiger partial charge in [-0.05, 0) is 18.9 Å². The molecule has 0 unspecified atom stereocenters. The van der Waals surface area contributed by atoms with Crippen LogP contribution in [0.1, 0.15) is 18.9 Å². The third kappa shape index (κ3) is 1.82. The lowest BCUT2D eigenvalue weighted by atomic mass is 10.0. The van der Waals surface area contributed by atoms with Crippen LogP contribution in [0.4, 0.5) is 20.3 Å². The highest BCUT2D eigenvalue weighted by atomic mass is 19.1. The smallest absolute Gasteiger partial charge is 0.146 e.